The maximum atomic E-state index is 13.3. The third kappa shape index (κ3) is 4.21. The Bertz CT molecular complexity index is 946. The molecule has 3 rings (SSSR count). The van der Waals surface area contributed by atoms with E-state index in [0.717, 1.165) is 9.27 Å². The predicted molar refractivity (Wildman–Crippen MR) is 95.7 cm³/mol. The second kappa shape index (κ2) is 7.28. The van der Waals surface area contributed by atoms with Gasteiger partial charge in [-0.3, -0.25) is 4.79 Å². The summed E-state index contributed by atoms with van der Waals surface area (Å²) in [6.07, 6.45) is 0. The van der Waals surface area contributed by atoms with E-state index in [-0.39, 0.29) is 18.3 Å². The Hall–Kier alpha value is -2.32. The van der Waals surface area contributed by atoms with Crippen molar-refractivity contribution >= 4 is 39.1 Å². The van der Waals surface area contributed by atoms with E-state index in [1.165, 1.54) is 6.07 Å². The van der Waals surface area contributed by atoms with Crippen LogP contribution < -0.4 is 5.32 Å². The average molecular weight is 425 g/mol. The number of halogens is 3. The first-order valence-electron chi connectivity index (χ1n) is 7.21. The predicted octanol–water partition coefficient (Wildman–Crippen LogP) is 3.84. The van der Waals surface area contributed by atoms with Gasteiger partial charge in [-0.15, -0.1) is 10.2 Å². The van der Waals surface area contributed by atoms with Gasteiger partial charge in [-0.2, -0.15) is 4.80 Å². The maximum Gasteiger partial charge on any atom is 0.248 e. The van der Waals surface area contributed by atoms with Gasteiger partial charge in [0.05, 0.1) is 10.7 Å². The molecule has 0 saturated heterocycles. The van der Waals surface area contributed by atoms with Crippen molar-refractivity contribution in [1.29, 1.82) is 0 Å². The Kier molecular flexibility index (Phi) is 5.10. The number of nitrogens with one attached hydrogen (secondary N) is 1. The van der Waals surface area contributed by atoms with E-state index in [0.29, 0.717) is 27.7 Å². The highest BCUT2D eigenvalue weighted by atomic mass is 79.9. The summed E-state index contributed by atoms with van der Waals surface area (Å²) >= 11 is 9.36. The number of rotatable bonds is 4. The number of hydrogen-bond donors (Lipinski definition) is 1. The van der Waals surface area contributed by atoms with Crippen LogP contribution in [0.3, 0.4) is 0 Å². The highest BCUT2D eigenvalue weighted by Crippen LogP contribution is 2.25. The molecule has 0 unspecified atom stereocenters. The number of aromatic nitrogens is 4. The van der Waals surface area contributed by atoms with Gasteiger partial charge < -0.3 is 5.32 Å². The highest BCUT2D eigenvalue weighted by molar-refractivity contribution is 9.10. The molecule has 0 atom stereocenters. The summed E-state index contributed by atoms with van der Waals surface area (Å²) in [5, 5.41) is 15.0. The molecule has 9 heteroatoms. The number of amides is 1. The van der Waals surface area contributed by atoms with Gasteiger partial charge in [0.2, 0.25) is 11.7 Å². The summed E-state index contributed by atoms with van der Waals surface area (Å²) in [5.41, 5.74) is 1.60. The third-order valence-electron chi connectivity index (χ3n) is 3.36. The topological polar surface area (TPSA) is 72.7 Å². The van der Waals surface area contributed by atoms with Gasteiger partial charge in [0.15, 0.2) is 0 Å². The van der Waals surface area contributed by atoms with E-state index in [2.05, 4.69) is 36.7 Å². The number of tetrazole rings is 1. The zero-order valence-electron chi connectivity index (χ0n) is 13.0. The number of carbonyl (C=O) groups is 1. The number of anilines is 1. The molecule has 25 heavy (non-hydrogen) atoms. The lowest BCUT2D eigenvalue weighted by Gasteiger charge is -2.06. The first-order valence-corrected chi connectivity index (χ1v) is 8.39. The third-order valence-corrected chi connectivity index (χ3v) is 4.17. The van der Waals surface area contributed by atoms with Crippen molar-refractivity contribution in [2.75, 3.05) is 5.32 Å². The summed E-state index contributed by atoms with van der Waals surface area (Å²) in [6.45, 7) is 1.53. The molecule has 0 bridgehead atoms. The zero-order valence-corrected chi connectivity index (χ0v) is 15.3. The summed E-state index contributed by atoms with van der Waals surface area (Å²) in [4.78, 5) is 13.3. The van der Waals surface area contributed by atoms with E-state index in [1.54, 1.807) is 37.3 Å². The number of nitrogens with zero attached hydrogens (tertiary/aromatic N) is 4. The van der Waals surface area contributed by atoms with Gasteiger partial charge in [0.25, 0.3) is 0 Å². The van der Waals surface area contributed by atoms with Crippen molar-refractivity contribution in [1.82, 2.24) is 20.2 Å². The second-order valence-electron chi connectivity index (χ2n) is 5.28. The van der Waals surface area contributed by atoms with E-state index >= 15 is 0 Å². The lowest BCUT2D eigenvalue weighted by atomic mass is 10.1. The molecule has 2 aromatic carbocycles. The fourth-order valence-electron chi connectivity index (χ4n) is 2.12. The fraction of sp³-hybridized carbons (Fsp3) is 0.125. The number of aryl methyl sites for hydroxylation is 1. The molecule has 1 amide bonds. The summed E-state index contributed by atoms with van der Waals surface area (Å²) in [6, 6.07) is 9.66. The summed E-state index contributed by atoms with van der Waals surface area (Å²) < 4.78 is 14.1. The van der Waals surface area contributed by atoms with Crippen LogP contribution in [0, 0.1) is 12.7 Å². The Balaban J connectivity index is 1.70. The van der Waals surface area contributed by atoms with Crippen LogP contribution in [0.2, 0.25) is 5.02 Å². The SMILES string of the molecule is Cc1cc(-c2nnn(CC(=O)Nc3ccc(Br)cc3Cl)n2)ccc1F. The molecule has 128 valence electrons. The first-order chi connectivity index (χ1) is 11.9. The molecule has 1 aromatic heterocycles. The van der Waals surface area contributed by atoms with Gasteiger partial charge >= 0.3 is 0 Å². The van der Waals surface area contributed by atoms with E-state index in [1.807, 2.05) is 0 Å². The van der Waals surface area contributed by atoms with Crippen LogP contribution in [-0.4, -0.2) is 26.1 Å². The van der Waals surface area contributed by atoms with Gasteiger partial charge in [0, 0.05) is 10.0 Å². The number of benzene rings is 2. The maximum absolute atomic E-state index is 13.3. The zero-order chi connectivity index (χ0) is 18.0. The Morgan fingerprint density at radius 1 is 1.32 bits per heavy atom. The lowest BCUT2D eigenvalue weighted by Crippen LogP contribution is -2.20. The standard InChI is InChI=1S/C16H12BrClFN5O/c1-9-6-10(2-4-13(9)19)16-21-23-24(22-16)8-15(25)20-14-5-3-11(17)7-12(14)18/h2-7H,8H2,1H3,(H,20,25). The van der Waals surface area contributed by atoms with Crippen LogP contribution in [0.1, 0.15) is 5.56 Å². The molecule has 1 heterocycles. The van der Waals surface area contributed by atoms with E-state index in [4.69, 9.17) is 11.6 Å². The highest BCUT2D eigenvalue weighted by Gasteiger charge is 2.12. The fourth-order valence-corrected chi connectivity index (χ4v) is 2.84. The van der Waals surface area contributed by atoms with Gasteiger partial charge in [-0.25, -0.2) is 4.39 Å². The van der Waals surface area contributed by atoms with Crippen molar-refractivity contribution in [3.05, 3.63) is 57.3 Å². The van der Waals surface area contributed by atoms with Crippen LogP contribution in [0.15, 0.2) is 40.9 Å². The van der Waals surface area contributed by atoms with Crippen molar-refractivity contribution in [3.63, 3.8) is 0 Å². The minimum atomic E-state index is -0.344. The Morgan fingerprint density at radius 3 is 2.84 bits per heavy atom. The largest absolute Gasteiger partial charge is 0.323 e. The Morgan fingerprint density at radius 2 is 2.12 bits per heavy atom. The molecule has 1 N–H and O–H groups in total. The number of hydrogen-bond acceptors (Lipinski definition) is 4. The minimum Gasteiger partial charge on any atom is -0.323 e. The molecule has 0 aliphatic carbocycles. The number of carbonyl (C=O) groups excluding carboxylic acids is 1. The van der Waals surface area contributed by atoms with Crippen LogP contribution in [0.5, 0.6) is 0 Å². The van der Waals surface area contributed by atoms with Crippen molar-refractivity contribution in [2.24, 2.45) is 0 Å². The normalized spacial score (nSPS) is 10.7. The molecular weight excluding hydrogens is 413 g/mol. The van der Waals surface area contributed by atoms with Crippen LogP contribution in [0.25, 0.3) is 11.4 Å². The van der Waals surface area contributed by atoms with E-state index < -0.39 is 0 Å². The average Bonchev–Trinajstić information content (AvgIpc) is 3.01. The molecule has 0 fully saturated rings. The monoisotopic (exact) mass is 423 g/mol. The van der Waals surface area contributed by atoms with Crippen LogP contribution in [0.4, 0.5) is 10.1 Å². The Labute approximate surface area is 156 Å². The summed E-state index contributed by atoms with van der Waals surface area (Å²) in [5.74, 6) is -0.331. The van der Waals surface area contributed by atoms with Crippen LogP contribution >= 0.6 is 27.5 Å². The van der Waals surface area contributed by atoms with Gasteiger partial charge in [0.1, 0.15) is 12.4 Å². The van der Waals surface area contributed by atoms with Gasteiger partial charge in [-0.1, -0.05) is 27.5 Å². The van der Waals surface area contributed by atoms with Gasteiger partial charge in [-0.05, 0) is 54.1 Å². The van der Waals surface area contributed by atoms with Crippen LogP contribution in [-0.2, 0) is 11.3 Å². The minimum absolute atomic E-state index is 0.125. The summed E-state index contributed by atoms with van der Waals surface area (Å²) in [7, 11) is 0. The molecular formula is C16H12BrClFN5O. The molecule has 0 aliphatic heterocycles. The molecule has 3 aromatic rings. The molecule has 0 spiro atoms. The van der Waals surface area contributed by atoms with Crippen molar-refractivity contribution in [3.8, 4) is 11.4 Å². The molecule has 0 aliphatic rings. The molecule has 0 saturated carbocycles. The quantitative estimate of drug-likeness (QED) is 0.691. The smallest absolute Gasteiger partial charge is 0.248 e. The second-order valence-corrected chi connectivity index (χ2v) is 6.60. The lowest BCUT2D eigenvalue weighted by molar-refractivity contribution is -0.117. The first kappa shape index (κ1) is 17.5. The van der Waals surface area contributed by atoms with E-state index in [9.17, 15) is 9.18 Å². The molecule has 0 radical (unpaired) electrons. The van der Waals surface area contributed by atoms with Crippen molar-refractivity contribution < 1.29 is 9.18 Å². The van der Waals surface area contributed by atoms with Crippen molar-refractivity contribution in [2.45, 2.75) is 13.5 Å². The molecule has 6 nitrogen and oxygen atoms in total.